The van der Waals surface area contributed by atoms with Crippen LogP contribution in [-0.4, -0.2) is 82.9 Å². The van der Waals surface area contributed by atoms with Crippen LogP contribution in [0.15, 0.2) is 24.3 Å². The number of urea groups is 2. The summed E-state index contributed by atoms with van der Waals surface area (Å²) in [5.74, 6) is 0.858. The summed E-state index contributed by atoms with van der Waals surface area (Å²) in [6.07, 6.45) is 3.18. The van der Waals surface area contributed by atoms with Gasteiger partial charge in [-0.25, -0.2) is 9.59 Å². The van der Waals surface area contributed by atoms with E-state index in [9.17, 15) is 19.2 Å². The van der Waals surface area contributed by atoms with Crippen molar-refractivity contribution in [1.29, 1.82) is 0 Å². The maximum absolute atomic E-state index is 13.7. The summed E-state index contributed by atoms with van der Waals surface area (Å²) in [5.41, 5.74) is 0.564. The molecule has 1 aromatic carbocycles. The average Bonchev–Trinajstić information content (AvgIpc) is 3.67. The predicted molar refractivity (Wildman–Crippen MR) is 179 cm³/mol. The molecule has 4 N–H and O–H groups in total. The number of unbranched alkanes of at least 4 members (excludes halogenated alkanes) is 1. The molecule has 0 radical (unpaired) electrons. The van der Waals surface area contributed by atoms with E-state index in [-0.39, 0.29) is 40.4 Å². The molecular weight excluding hydrogens is 643 g/mol. The predicted octanol–water partition coefficient (Wildman–Crippen LogP) is 6.01. The van der Waals surface area contributed by atoms with Gasteiger partial charge in [-0.05, 0) is 36.5 Å². The van der Waals surface area contributed by atoms with Crippen molar-refractivity contribution in [3.63, 3.8) is 0 Å². The summed E-state index contributed by atoms with van der Waals surface area (Å²) in [5, 5.41) is 12.9. The normalized spacial score (nSPS) is 21.5. The number of carbonyl (C=O) groups excluding carboxylic acids is 4. The molecule has 0 unspecified atom stereocenters. The highest BCUT2D eigenvalue weighted by Crippen LogP contribution is 2.38. The number of rotatable bonds is 8. The first-order valence-electron chi connectivity index (χ1n) is 14.8. The molecule has 1 aromatic heterocycles. The number of piperazine rings is 1. The Balaban J connectivity index is 1.13. The van der Waals surface area contributed by atoms with Crippen LogP contribution in [0.1, 0.15) is 61.7 Å². The van der Waals surface area contributed by atoms with Gasteiger partial charge in [-0.3, -0.25) is 14.9 Å². The number of nitrogens with zero attached hydrogens (tertiary/aromatic N) is 2. The minimum Gasteiger partial charge on any atom is -0.339 e. The van der Waals surface area contributed by atoms with Gasteiger partial charge >= 0.3 is 12.1 Å². The molecule has 3 aliphatic heterocycles. The molecule has 3 fully saturated rings. The lowest BCUT2D eigenvalue weighted by molar-refractivity contribution is -0.132. The second-order valence-corrected chi connectivity index (χ2v) is 15.4. The molecule has 10 nitrogen and oxygen atoms in total. The number of amides is 6. The van der Waals surface area contributed by atoms with Crippen LogP contribution in [0.4, 0.5) is 20.3 Å². The van der Waals surface area contributed by atoms with Crippen LogP contribution >= 0.6 is 46.3 Å². The van der Waals surface area contributed by atoms with Gasteiger partial charge in [0.1, 0.15) is 5.00 Å². The van der Waals surface area contributed by atoms with E-state index in [1.807, 2.05) is 22.7 Å². The summed E-state index contributed by atoms with van der Waals surface area (Å²) in [6, 6.07) is 6.60. The SMILES string of the molecule is CC(C)(C)c1cc(C(=O)N2CCN(C(=O)CCCC[C@@H]3SC[C@@H]4NC(=O)N[C@@H]43)CC2)c(NC(=O)Nc2cccc(Cl)c2Cl)s1. The van der Waals surface area contributed by atoms with Crippen molar-refractivity contribution in [1.82, 2.24) is 20.4 Å². The highest BCUT2D eigenvalue weighted by atomic mass is 35.5. The summed E-state index contributed by atoms with van der Waals surface area (Å²) in [7, 11) is 0. The molecule has 4 heterocycles. The maximum atomic E-state index is 13.7. The zero-order chi connectivity index (χ0) is 31.6. The van der Waals surface area contributed by atoms with Crippen molar-refractivity contribution in [3.8, 4) is 0 Å². The molecule has 2 aromatic rings. The van der Waals surface area contributed by atoms with E-state index < -0.39 is 6.03 Å². The van der Waals surface area contributed by atoms with Gasteiger partial charge in [0.25, 0.3) is 5.91 Å². The molecule has 3 atom stereocenters. The molecule has 5 rings (SSSR count). The Morgan fingerprint density at radius 1 is 1.02 bits per heavy atom. The molecule has 44 heavy (non-hydrogen) atoms. The van der Waals surface area contributed by atoms with Gasteiger partial charge in [-0.2, -0.15) is 11.8 Å². The number of anilines is 2. The first-order chi connectivity index (χ1) is 20.9. The number of thioether (sulfide) groups is 1. The monoisotopic (exact) mass is 680 g/mol. The number of nitrogens with one attached hydrogen (secondary N) is 4. The lowest BCUT2D eigenvalue weighted by Crippen LogP contribution is -2.50. The van der Waals surface area contributed by atoms with Gasteiger partial charge in [0, 0.05) is 48.5 Å². The van der Waals surface area contributed by atoms with Crippen LogP contribution in [0.25, 0.3) is 0 Å². The van der Waals surface area contributed by atoms with E-state index in [4.69, 9.17) is 23.2 Å². The highest BCUT2D eigenvalue weighted by Gasteiger charge is 2.42. The largest absolute Gasteiger partial charge is 0.339 e. The van der Waals surface area contributed by atoms with E-state index in [1.54, 1.807) is 23.1 Å². The molecule has 238 valence electrons. The van der Waals surface area contributed by atoms with E-state index in [0.29, 0.717) is 59.1 Å². The Hall–Kier alpha value is -2.67. The maximum Gasteiger partial charge on any atom is 0.324 e. The Morgan fingerprint density at radius 3 is 2.48 bits per heavy atom. The number of carbonyl (C=O) groups is 4. The second-order valence-electron chi connectivity index (χ2n) is 12.3. The minimum absolute atomic E-state index is 0.0797. The number of halogens is 2. The van der Waals surface area contributed by atoms with Gasteiger partial charge in [0.15, 0.2) is 0 Å². The summed E-state index contributed by atoms with van der Waals surface area (Å²) in [4.78, 5) is 55.7. The molecule has 3 aliphatic rings. The Labute approximate surface area is 276 Å². The number of fused-ring (bicyclic) bond motifs is 1. The Kier molecular flexibility index (Phi) is 10.2. The van der Waals surface area contributed by atoms with Gasteiger partial charge in [-0.1, -0.05) is 56.5 Å². The zero-order valence-corrected chi connectivity index (χ0v) is 28.2. The topological polar surface area (TPSA) is 123 Å². The number of thiophene rings is 1. The van der Waals surface area contributed by atoms with Crippen LogP contribution < -0.4 is 21.3 Å². The smallest absolute Gasteiger partial charge is 0.324 e. The van der Waals surface area contributed by atoms with Gasteiger partial charge < -0.3 is 25.8 Å². The molecular formula is C30H38Cl2N6O4S2. The van der Waals surface area contributed by atoms with Crippen molar-refractivity contribution >= 4 is 80.9 Å². The molecule has 0 saturated carbocycles. The second kappa shape index (κ2) is 13.8. The van der Waals surface area contributed by atoms with Crippen LogP contribution in [0.3, 0.4) is 0 Å². The average molecular weight is 682 g/mol. The lowest BCUT2D eigenvalue weighted by atomic mass is 9.94. The van der Waals surface area contributed by atoms with E-state index in [1.165, 1.54) is 11.3 Å². The highest BCUT2D eigenvalue weighted by molar-refractivity contribution is 8.00. The van der Waals surface area contributed by atoms with Gasteiger partial charge in [0.05, 0.1) is 33.4 Å². The van der Waals surface area contributed by atoms with Crippen LogP contribution in [-0.2, 0) is 10.2 Å². The third kappa shape index (κ3) is 7.58. The van der Waals surface area contributed by atoms with Gasteiger partial charge in [-0.15, -0.1) is 11.3 Å². The van der Waals surface area contributed by atoms with Crippen molar-refractivity contribution in [2.45, 2.75) is 69.2 Å². The van der Waals surface area contributed by atoms with Crippen LogP contribution in [0.2, 0.25) is 10.0 Å². The molecule has 0 spiro atoms. The van der Waals surface area contributed by atoms with Gasteiger partial charge in [0.2, 0.25) is 5.91 Å². The molecule has 0 bridgehead atoms. The lowest BCUT2D eigenvalue weighted by Gasteiger charge is -2.35. The number of hydrogen-bond donors (Lipinski definition) is 4. The Morgan fingerprint density at radius 2 is 1.75 bits per heavy atom. The number of hydrogen-bond acceptors (Lipinski definition) is 6. The summed E-state index contributed by atoms with van der Waals surface area (Å²) >= 11 is 15.6. The first kappa shape index (κ1) is 32.7. The van der Waals surface area contributed by atoms with Crippen molar-refractivity contribution in [2.24, 2.45) is 0 Å². The van der Waals surface area contributed by atoms with Crippen molar-refractivity contribution in [2.75, 3.05) is 42.6 Å². The van der Waals surface area contributed by atoms with Crippen LogP contribution in [0.5, 0.6) is 0 Å². The van der Waals surface area contributed by atoms with Crippen molar-refractivity contribution in [3.05, 3.63) is 44.8 Å². The molecule has 0 aliphatic carbocycles. The summed E-state index contributed by atoms with van der Waals surface area (Å²) < 4.78 is 0. The quantitative estimate of drug-likeness (QED) is 0.201. The molecule has 14 heteroatoms. The third-order valence-electron chi connectivity index (χ3n) is 8.12. The summed E-state index contributed by atoms with van der Waals surface area (Å²) in [6.45, 7) is 7.95. The zero-order valence-electron chi connectivity index (χ0n) is 25.0. The van der Waals surface area contributed by atoms with E-state index in [0.717, 1.165) is 29.9 Å². The minimum atomic E-state index is -0.531. The fourth-order valence-corrected chi connectivity index (χ4v) is 8.62. The fraction of sp³-hybridized carbons (Fsp3) is 0.533. The van der Waals surface area contributed by atoms with Crippen LogP contribution in [0, 0.1) is 0 Å². The number of benzene rings is 1. The molecule has 6 amide bonds. The fourth-order valence-electron chi connectivity index (χ4n) is 5.62. The van der Waals surface area contributed by atoms with E-state index in [2.05, 4.69) is 42.0 Å². The van der Waals surface area contributed by atoms with Crippen molar-refractivity contribution < 1.29 is 19.2 Å². The molecule has 3 saturated heterocycles. The first-order valence-corrected chi connectivity index (χ1v) is 17.4. The third-order valence-corrected chi connectivity index (χ3v) is 11.9. The standard InChI is InChI=1S/C30H38Cl2N6O4S2/c1-30(2,3)22-15-17(26(44-22)36-29(42)33-19-8-6-7-18(31)24(19)32)27(40)38-13-11-37(12-14-38)23(39)10-5-4-9-21-25-20(16-43-21)34-28(41)35-25/h6-8,15,20-21,25H,4-5,9-14,16H2,1-3H3,(H2,33,36,42)(H2,34,35,41)/t20-,21-,25-/m0/s1. The van der Waals surface area contributed by atoms with E-state index >= 15 is 0 Å². The Bertz CT molecular complexity index is 1420.